The van der Waals surface area contributed by atoms with E-state index in [4.69, 9.17) is 0 Å². The number of hydrogen-bond donors (Lipinski definition) is 1. The van der Waals surface area contributed by atoms with E-state index in [1.807, 2.05) is 0 Å². The molecule has 0 aliphatic heterocycles. The molecule has 2 atom stereocenters. The third kappa shape index (κ3) is 8.37. The molecule has 0 spiro atoms. The van der Waals surface area contributed by atoms with E-state index in [0.717, 1.165) is 57.8 Å². The molecule has 0 aromatic carbocycles. The Hall–Kier alpha value is -0.860. The lowest BCUT2D eigenvalue weighted by atomic mass is 9.61. The van der Waals surface area contributed by atoms with Crippen LogP contribution in [-0.2, 0) is 9.59 Å². The number of carbonyl (C=O) groups is 2. The van der Waals surface area contributed by atoms with Crippen molar-refractivity contribution in [3.05, 3.63) is 0 Å². The highest BCUT2D eigenvalue weighted by atomic mass is 16.4. The molecule has 3 heteroatoms. The summed E-state index contributed by atoms with van der Waals surface area (Å²) < 4.78 is 0. The number of unbranched alkanes of at least 4 members (excludes halogenated alkanes) is 4. The van der Waals surface area contributed by atoms with Crippen LogP contribution in [0, 0.1) is 22.7 Å². The summed E-state index contributed by atoms with van der Waals surface area (Å²) in [6.45, 7) is 14.4. The Labute approximate surface area is 156 Å². The van der Waals surface area contributed by atoms with Crippen molar-refractivity contribution in [3.63, 3.8) is 0 Å². The zero-order valence-corrected chi connectivity index (χ0v) is 17.8. The Balaban J connectivity index is 5.19. The van der Waals surface area contributed by atoms with Crippen molar-refractivity contribution in [1.29, 1.82) is 0 Å². The molecule has 0 bridgehead atoms. The van der Waals surface area contributed by atoms with Crippen molar-refractivity contribution < 1.29 is 14.7 Å². The third-order valence-corrected chi connectivity index (χ3v) is 5.78. The molecule has 0 saturated carbocycles. The van der Waals surface area contributed by atoms with Crippen molar-refractivity contribution >= 4 is 11.8 Å². The molecule has 2 unspecified atom stereocenters. The quantitative estimate of drug-likeness (QED) is 0.362. The number of Topliss-reactive ketones (excluding diaryl/α,β-unsaturated/α-hetero) is 1. The molecule has 148 valence electrons. The summed E-state index contributed by atoms with van der Waals surface area (Å²) in [6.07, 6.45) is 8.92. The lowest BCUT2D eigenvalue weighted by molar-refractivity contribution is -0.147. The third-order valence-electron chi connectivity index (χ3n) is 5.78. The molecule has 0 aromatic rings. The van der Waals surface area contributed by atoms with Crippen LogP contribution in [0.2, 0.25) is 0 Å². The van der Waals surface area contributed by atoms with Crippen molar-refractivity contribution in [2.24, 2.45) is 22.7 Å². The zero-order valence-electron chi connectivity index (χ0n) is 17.8. The monoisotopic (exact) mass is 354 g/mol. The smallest absolute Gasteiger partial charge is 0.307 e. The van der Waals surface area contributed by atoms with E-state index in [1.165, 1.54) is 0 Å². The summed E-state index contributed by atoms with van der Waals surface area (Å²) >= 11 is 0. The largest absolute Gasteiger partial charge is 0.481 e. The molecular weight excluding hydrogens is 312 g/mol. The van der Waals surface area contributed by atoms with Crippen LogP contribution in [0.15, 0.2) is 0 Å². The zero-order chi connectivity index (χ0) is 19.7. The first-order chi connectivity index (χ1) is 11.5. The fraction of sp³-hybridized carbons (Fsp3) is 0.909. The number of ketones is 1. The van der Waals surface area contributed by atoms with Crippen LogP contribution in [0.25, 0.3) is 0 Å². The molecule has 3 nitrogen and oxygen atoms in total. The second kappa shape index (κ2) is 11.0. The van der Waals surface area contributed by atoms with Gasteiger partial charge in [0.2, 0.25) is 0 Å². The van der Waals surface area contributed by atoms with Gasteiger partial charge in [-0.15, -0.1) is 0 Å². The van der Waals surface area contributed by atoms with Crippen molar-refractivity contribution in [3.8, 4) is 0 Å². The topological polar surface area (TPSA) is 54.4 Å². The Bertz CT molecular complexity index is 371. The predicted octanol–water partition coefficient (Wildman–Crippen LogP) is 6.50. The average Bonchev–Trinajstić information content (AvgIpc) is 2.45. The summed E-state index contributed by atoms with van der Waals surface area (Å²) in [5, 5.41) is 9.76. The van der Waals surface area contributed by atoms with Gasteiger partial charge in [0.25, 0.3) is 0 Å². The minimum atomic E-state index is -0.692. The number of hydrogen-bond acceptors (Lipinski definition) is 2. The van der Waals surface area contributed by atoms with Gasteiger partial charge >= 0.3 is 5.97 Å². The molecule has 0 amide bonds. The minimum Gasteiger partial charge on any atom is -0.481 e. The fourth-order valence-electron chi connectivity index (χ4n) is 4.61. The van der Waals surface area contributed by atoms with Crippen LogP contribution in [0.1, 0.15) is 106 Å². The lowest BCUT2D eigenvalue weighted by Gasteiger charge is -2.42. The molecule has 25 heavy (non-hydrogen) atoms. The first-order valence-corrected chi connectivity index (χ1v) is 10.2. The Kier molecular flexibility index (Phi) is 10.6. The van der Waals surface area contributed by atoms with Gasteiger partial charge in [-0.2, -0.15) is 0 Å². The van der Waals surface area contributed by atoms with Crippen LogP contribution in [0.4, 0.5) is 0 Å². The van der Waals surface area contributed by atoms with Crippen molar-refractivity contribution in [1.82, 2.24) is 0 Å². The number of aliphatic carboxylic acids is 1. The highest BCUT2D eigenvalue weighted by molar-refractivity contribution is 5.79. The standard InChI is InChI=1S/C22H42O3/c1-8-10-12-14-18(17(3)23)21(4,5)16-22(6,7)19(20(24)25)15-13-11-9-2/h18-19H,8-16H2,1-7H3,(H,24,25). The van der Waals surface area contributed by atoms with Gasteiger partial charge in [0.1, 0.15) is 5.78 Å². The van der Waals surface area contributed by atoms with Gasteiger partial charge in [0, 0.05) is 5.92 Å². The Morgan fingerprint density at radius 3 is 1.56 bits per heavy atom. The van der Waals surface area contributed by atoms with Gasteiger partial charge in [0.15, 0.2) is 0 Å². The Morgan fingerprint density at radius 2 is 1.20 bits per heavy atom. The van der Waals surface area contributed by atoms with Crippen molar-refractivity contribution in [2.45, 2.75) is 106 Å². The fourth-order valence-corrected chi connectivity index (χ4v) is 4.61. The molecule has 0 heterocycles. The van der Waals surface area contributed by atoms with Crippen LogP contribution in [0.3, 0.4) is 0 Å². The molecule has 1 N–H and O–H groups in total. The predicted molar refractivity (Wildman–Crippen MR) is 106 cm³/mol. The van der Waals surface area contributed by atoms with Crippen molar-refractivity contribution in [2.75, 3.05) is 0 Å². The molecular formula is C22H42O3. The number of carbonyl (C=O) groups excluding carboxylic acids is 1. The molecule has 0 radical (unpaired) electrons. The van der Waals surface area contributed by atoms with Gasteiger partial charge in [0.05, 0.1) is 5.92 Å². The summed E-state index contributed by atoms with van der Waals surface area (Å²) in [6, 6.07) is 0. The number of rotatable bonds is 14. The van der Waals surface area contributed by atoms with E-state index in [-0.39, 0.29) is 28.4 Å². The second-order valence-corrected chi connectivity index (χ2v) is 9.20. The first-order valence-electron chi connectivity index (χ1n) is 10.2. The van der Waals surface area contributed by atoms with Gasteiger partial charge in [-0.1, -0.05) is 80.1 Å². The molecule has 0 aromatic heterocycles. The minimum absolute atomic E-state index is 0.0170. The lowest BCUT2D eigenvalue weighted by Crippen LogP contribution is -2.39. The van der Waals surface area contributed by atoms with Crippen LogP contribution >= 0.6 is 0 Å². The summed E-state index contributed by atoms with van der Waals surface area (Å²) in [5.41, 5.74) is -0.497. The first kappa shape index (κ1) is 24.1. The van der Waals surface area contributed by atoms with E-state index in [1.54, 1.807) is 6.92 Å². The van der Waals surface area contributed by atoms with Crippen LogP contribution < -0.4 is 0 Å². The summed E-state index contributed by atoms with van der Waals surface area (Å²) in [4.78, 5) is 24.1. The summed E-state index contributed by atoms with van der Waals surface area (Å²) in [7, 11) is 0. The molecule has 0 aliphatic rings. The SMILES string of the molecule is CCCCCC(C(C)=O)C(C)(C)CC(C)(C)C(CCCCC)C(=O)O. The molecule has 0 fully saturated rings. The summed E-state index contributed by atoms with van der Waals surface area (Å²) in [5.74, 6) is -0.776. The molecule has 0 rings (SSSR count). The molecule has 0 aliphatic carbocycles. The van der Waals surface area contributed by atoms with Gasteiger partial charge < -0.3 is 5.11 Å². The Morgan fingerprint density at radius 1 is 0.800 bits per heavy atom. The van der Waals surface area contributed by atoms with Crippen LogP contribution in [-0.4, -0.2) is 16.9 Å². The van der Waals surface area contributed by atoms with E-state index >= 15 is 0 Å². The van der Waals surface area contributed by atoms with Gasteiger partial charge in [-0.05, 0) is 37.0 Å². The number of carboxylic acid groups (broad SMARTS) is 1. The highest BCUT2D eigenvalue weighted by Crippen LogP contribution is 2.46. The number of carboxylic acids is 1. The van der Waals surface area contributed by atoms with Gasteiger partial charge in [-0.3, -0.25) is 9.59 Å². The highest BCUT2D eigenvalue weighted by Gasteiger charge is 2.42. The van der Waals surface area contributed by atoms with Gasteiger partial charge in [-0.25, -0.2) is 0 Å². The van der Waals surface area contributed by atoms with E-state index in [2.05, 4.69) is 41.5 Å². The van der Waals surface area contributed by atoms with E-state index in [9.17, 15) is 14.7 Å². The molecule has 0 saturated heterocycles. The average molecular weight is 355 g/mol. The maximum Gasteiger partial charge on any atom is 0.307 e. The van der Waals surface area contributed by atoms with E-state index < -0.39 is 5.97 Å². The van der Waals surface area contributed by atoms with E-state index in [0.29, 0.717) is 0 Å². The maximum absolute atomic E-state index is 12.3. The van der Waals surface area contributed by atoms with Crippen LogP contribution in [0.5, 0.6) is 0 Å². The second-order valence-electron chi connectivity index (χ2n) is 9.20. The maximum atomic E-state index is 12.3. The normalized spacial score (nSPS) is 15.0.